The van der Waals surface area contributed by atoms with E-state index in [0.29, 0.717) is 12.7 Å². The SMILES string of the molecule is COC(=O)C(C)(COC1CCCCCC1)NC(C)C. The van der Waals surface area contributed by atoms with Crippen LogP contribution in [0.2, 0.25) is 0 Å². The predicted molar refractivity (Wildman–Crippen MR) is 76.1 cm³/mol. The van der Waals surface area contributed by atoms with E-state index in [0.717, 1.165) is 12.8 Å². The molecular formula is C15H29NO3. The monoisotopic (exact) mass is 271 g/mol. The van der Waals surface area contributed by atoms with E-state index in [9.17, 15) is 4.79 Å². The second-order valence-electron chi connectivity index (χ2n) is 6.05. The third-order valence-electron chi connectivity index (χ3n) is 3.65. The lowest BCUT2D eigenvalue weighted by Gasteiger charge is -2.31. The molecule has 0 aliphatic heterocycles. The van der Waals surface area contributed by atoms with Gasteiger partial charge >= 0.3 is 5.97 Å². The fraction of sp³-hybridized carbons (Fsp3) is 0.933. The molecule has 0 spiro atoms. The molecule has 0 aromatic rings. The topological polar surface area (TPSA) is 47.6 Å². The molecule has 4 nitrogen and oxygen atoms in total. The summed E-state index contributed by atoms with van der Waals surface area (Å²) in [5, 5.41) is 3.26. The molecule has 4 heteroatoms. The maximum Gasteiger partial charge on any atom is 0.328 e. The summed E-state index contributed by atoms with van der Waals surface area (Å²) in [7, 11) is 1.42. The van der Waals surface area contributed by atoms with Gasteiger partial charge < -0.3 is 9.47 Å². The Morgan fingerprint density at radius 3 is 2.32 bits per heavy atom. The molecule has 112 valence electrons. The first kappa shape index (κ1) is 16.4. The van der Waals surface area contributed by atoms with Gasteiger partial charge in [0.2, 0.25) is 0 Å². The molecule has 0 amide bonds. The largest absolute Gasteiger partial charge is 0.468 e. The minimum Gasteiger partial charge on any atom is -0.468 e. The number of hydrogen-bond acceptors (Lipinski definition) is 4. The molecule has 1 unspecified atom stereocenters. The maximum atomic E-state index is 11.9. The third kappa shape index (κ3) is 5.49. The number of rotatable bonds is 6. The Labute approximate surface area is 117 Å². The van der Waals surface area contributed by atoms with Crippen LogP contribution < -0.4 is 5.32 Å². The van der Waals surface area contributed by atoms with Crippen molar-refractivity contribution in [3.63, 3.8) is 0 Å². The number of esters is 1. The van der Waals surface area contributed by atoms with Crippen LogP contribution in [0.25, 0.3) is 0 Å². The lowest BCUT2D eigenvalue weighted by atomic mass is 10.0. The van der Waals surface area contributed by atoms with Gasteiger partial charge in [0, 0.05) is 6.04 Å². The van der Waals surface area contributed by atoms with Crippen LogP contribution in [0.3, 0.4) is 0 Å². The van der Waals surface area contributed by atoms with E-state index in [1.54, 1.807) is 0 Å². The summed E-state index contributed by atoms with van der Waals surface area (Å²) in [5.74, 6) is -0.255. The van der Waals surface area contributed by atoms with Gasteiger partial charge in [0.25, 0.3) is 0 Å². The molecule has 1 atom stereocenters. The normalized spacial score (nSPS) is 20.9. The van der Waals surface area contributed by atoms with Crippen LogP contribution in [0.5, 0.6) is 0 Å². The number of carbonyl (C=O) groups excluding carboxylic acids is 1. The molecule has 0 heterocycles. The first-order valence-corrected chi connectivity index (χ1v) is 7.45. The Hall–Kier alpha value is -0.610. The van der Waals surface area contributed by atoms with Crippen LogP contribution in [-0.2, 0) is 14.3 Å². The molecule has 0 aromatic carbocycles. The number of nitrogens with one attached hydrogen (secondary N) is 1. The van der Waals surface area contributed by atoms with Crippen LogP contribution in [0, 0.1) is 0 Å². The highest BCUT2D eigenvalue weighted by Crippen LogP contribution is 2.21. The third-order valence-corrected chi connectivity index (χ3v) is 3.65. The van der Waals surface area contributed by atoms with Gasteiger partial charge in [-0.25, -0.2) is 4.79 Å². The molecule has 1 aliphatic carbocycles. The second kappa shape index (κ2) is 7.85. The fourth-order valence-corrected chi connectivity index (χ4v) is 2.72. The minimum atomic E-state index is -0.755. The number of hydrogen-bond donors (Lipinski definition) is 1. The Bertz CT molecular complexity index is 273. The highest BCUT2D eigenvalue weighted by molar-refractivity contribution is 5.80. The smallest absolute Gasteiger partial charge is 0.328 e. The van der Waals surface area contributed by atoms with Crippen molar-refractivity contribution in [3.05, 3.63) is 0 Å². The van der Waals surface area contributed by atoms with Crippen LogP contribution in [0.15, 0.2) is 0 Å². The standard InChI is InChI=1S/C15H29NO3/c1-12(2)16-15(3,14(17)18-4)11-19-13-9-7-5-6-8-10-13/h12-13,16H,5-11H2,1-4H3. The van der Waals surface area contributed by atoms with Gasteiger partial charge in [-0.05, 0) is 33.6 Å². The van der Waals surface area contributed by atoms with E-state index in [2.05, 4.69) is 5.32 Å². The van der Waals surface area contributed by atoms with Crippen LogP contribution in [0.1, 0.15) is 59.3 Å². The van der Waals surface area contributed by atoms with Gasteiger partial charge in [0.05, 0.1) is 19.8 Å². The molecule has 1 saturated carbocycles. The van der Waals surface area contributed by atoms with Crippen LogP contribution in [-0.4, -0.2) is 37.4 Å². The number of ether oxygens (including phenoxy) is 2. The second-order valence-corrected chi connectivity index (χ2v) is 6.05. The summed E-state index contributed by atoms with van der Waals surface area (Å²) in [6.45, 7) is 6.28. The molecule has 1 N–H and O–H groups in total. The fourth-order valence-electron chi connectivity index (χ4n) is 2.72. The van der Waals surface area contributed by atoms with Crippen molar-refractivity contribution in [1.82, 2.24) is 5.32 Å². The molecule has 1 fully saturated rings. The first-order chi connectivity index (χ1) is 8.98. The Morgan fingerprint density at radius 1 is 1.26 bits per heavy atom. The zero-order valence-electron chi connectivity index (χ0n) is 12.8. The zero-order valence-corrected chi connectivity index (χ0v) is 12.8. The maximum absolute atomic E-state index is 11.9. The molecule has 0 radical (unpaired) electrons. The van der Waals surface area contributed by atoms with Crippen LogP contribution >= 0.6 is 0 Å². The molecule has 1 rings (SSSR count). The first-order valence-electron chi connectivity index (χ1n) is 7.45. The van der Waals surface area contributed by atoms with E-state index < -0.39 is 5.54 Å². The summed E-state index contributed by atoms with van der Waals surface area (Å²) >= 11 is 0. The molecule has 0 bridgehead atoms. The average molecular weight is 271 g/mol. The van der Waals surface area contributed by atoms with Crippen LogP contribution in [0.4, 0.5) is 0 Å². The molecule has 1 aliphatic rings. The van der Waals surface area contributed by atoms with Crippen molar-refractivity contribution in [1.29, 1.82) is 0 Å². The van der Waals surface area contributed by atoms with Gasteiger partial charge in [0.15, 0.2) is 0 Å². The van der Waals surface area contributed by atoms with E-state index in [1.807, 2.05) is 20.8 Å². The van der Waals surface area contributed by atoms with Crippen molar-refractivity contribution >= 4 is 5.97 Å². The lowest BCUT2D eigenvalue weighted by Crippen LogP contribution is -2.56. The average Bonchev–Trinajstić information content (AvgIpc) is 2.63. The van der Waals surface area contributed by atoms with Gasteiger partial charge in [-0.2, -0.15) is 0 Å². The Kier molecular flexibility index (Phi) is 6.80. The van der Waals surface area contributed by atoms with Crippen molar-refractivity contribution in [2.75, 3.05) is 13.7 Å². The van der Waals surface area contributed by atoms with E-state index in [1.165, 1.54) is 32.8 Å². The van der Waals surface area contributed by atoms with E-state index in [-0.39, 0.29) is 12.0 Å². The summed E-state index contributed by atoms with van der Waals surface area (Å²) in [6.07, 6.45) is 7.59. The minimum absolute atomic E-state index is 0.210. The number of carbonyl (C=O) groups is 1. The molecule has 0 saturated heterocycles. The van der Waals surface area contributed by atoms with Gasteiger partial charge in [0.1, 0.15) is 5.54 Å². The summed E-state index contributed by atoms with van der Waals surface area (Å²) in [5.41, 5.74) is -0.755. The van der Waals surface area contributed by atoms with Crippen molar-refractivity contribution in [3.8, 4) is 0 Å². The summed E-state index contributed by atoms with van der Waals surface area (Å²) in [4.78, 5) is 11.9. The molecule has 19 heavy (non-hydrogen) atoms. The van der Waals surface area contributed by atoms with Crippen molar-refractivity contribution in [2.24, 2.45) is 0 Å². The van der Waals surface area contributed by atoms with Gasteiger partial charge in [-0.3, -0.25) is 5.32 Å². The lowest BCUT2D eigenvalue weighted by molar-refractivity contribution is -0.152. The summed E-state index contributed by atoms with van der Waals surface area (Å²) in [6, 6.07) is 0.210. The molecular weight excluding hydrogens is 242 g/mol. The highest BCUT2D eigenvalue weighted by atomic mass is 16.5. The van der Waals surface area contributed by atoms with Gasteiger partial charge in [-0.1, -0.05) is 25.7 Å². The Morgan fingerprint density at radius 2 is 1.84 bits per heavy atom. The van der Waals surface area contributed by atoms with Gasteiger partial charge in [-0.15, -0.1) is 0 Å². The van der Waals surface area contributed by atoms with Crippen molar-refractivity contribution < 1.29 is 14.3 Å². The Balaban J connectivity index is 2.54. The van der Waals surface area contributed by atoms with E-state index >= 15 is 0 Å². The van der Waals surface area contributed by atoms with E-state index in [4.69, 9.17) is 9.47 Å². The summed E-state index contributed by atoms with van der Waals surface area (Å²) < 4.78 is 10.9. The highest BCUT2D eigenvalue weighted by Gasteiger charge is 2.36. The zero-order chi connectivity index (χ0) is 14.3. The quantitative estimate of drug-likeness (QED) is 0.596. The molecule has 0 aromatic heterocycles. The number of methoxy groups -OCH3 is 1. The van der Waals surface area contributed by atoms with Crippen molar-refractivity contribution in [2.45, 2.75) is 77.0 Å². The predicted octanol–water partition coefficient (Wildman–Crippen LogP) is 2.66.